The maximum atomic E-state index is 12.6. The van der Waals surface area contributed by atoms with Gasteiger partial charge in [-0.1, -0.05) is 29.8 Å². The van der Waals surface area contributed by atoms with Gasteiger partial charge in [-0.05, 0) is 18.2 Å². The summed E-state index contributed by atoms with van der Waals surface area (Å²) >= 11 is 6.25. The summed E-state index contributed by atoms with van der Waals surface area (Å²) in [5.41, 5.74) is 1.23. The second-order valence-corrected chi connectivity index (χ2v) is 6.05. The van der Waals surface area contributed by atoms with Gasteiger partial charge in [0.2, 0.25) is 5.88 Å². The van der Waals surface area contributed by atoms with Gasteiger partial charge in [0, 0.05) is 31.8 Å². The van der Waals surface area contributed by atoms with E-state index in [1.165, 1.54) is 6.20 Å². The van der Waals surface area contributed by atoms with Gasteiger partial charge in [-0.25, -0.2) is 4.98 Å². The first kappa shape index (κ1) is 16.7. The van der Waals surface area contributed by atoms with Crippen LogP contribution in [0.25, 0.3) is 0 Å². The number of benzene rings is 1. The molecule has 2 aromatic rings. The van der Waals surface area contributed by atoms with Crippen molar-refractivity contribution in [3.8, 4) is 5.88 Å². The zero-order valence-corrected chi connectivity index (χ0v) is 14.2. The van der Waals surface area contributed by atoms with E-state index in [1.807, 2.05) is 30.3 Å². The highest BCUT2D eigenvalue weighted by Crippen LogP contribution is 2.26. The smallest absolute Gasteiger partial charge is 0.259 e. The van der Waals surface area contributed by atoms with Crippen LogP contribution in [0.1, 0.15) is 23.2 Å². The molecule has 1 aromatic heterocycles. The summed E-state index contributed by atoms with van der Waals surface area (Å²) < 4.78 is 11.1. The second kappa shape index (κ2) is 7.64. The van der Waals surface area contributed by atoms with Crippen molar-refractivity contribution >= 4 is 23.2 Å². The Labute approximate surface area is 146 Å². The van der Waals surface area contributed by atoms with Crippen molar-refractivity contribution in [1.29, 1.82) is 0 Å². The van der Waals surface area contributed by atoms with Crippen molar-refractivity contribution in [2.24, 2.45) is 0 Å². The van der Waals surface area contributed by atoms with E-state index in [0.29, 0.717) is 29.7 Å². The number of hydrogen-bond donors (Lipinski definition) is 0. The molecule has 1 saturated heterocycles. The Kier molecular flexibility index (Phi) is 5.33. The molecule has 3 rings (SSSR count). The molecule has 1 aliphatic rings. The van der Waals surface area contributed by atoms with Crippen LogP contribution in [-0.2, 0) is 4.74 Å². The van der Waals surface area contributed by atoms with Crippen LogP contribution in [0.15, 0.2) is 42.6 Å². The Morgan fingerprint density at radius 3 is 2.67 bits per heavy atom. The van der Waals surface area contributed by atoms with E-state index in [1.54, 1.807) is 18.0 Å². The molecule has 0 saturated carbocycles. The van der Waals surface area contributed by atoms with Crippen molar-refractivity contribution in [2.75, 3.05) is 25.2 Å². The van der Waals surface area contributed by atoms with Gasteiger partial charge in [0.15, 0.2) is 0 Å². The van der Waals surface area contributed by atoms with Crippen molar-refractivity contribution in [1.82, 2.24) is 4.98 Å². The molecule has 126 valence electrons. The van der Waals surface area contributed by atoms with Crippen LogP contribution in [-0.4, -0.2) is 37.3 Å². The molecule has 0 N–H and O–H groups in total. The molecule has 1 amide bonds. The summed E-state index contributed by atoms with van der Waals surface area (Å²) in [4.78, 5) is 18.4. The molecular weight excluding hydrogens is 328 g/mol. The van der Waals surface area contributed by atoms with Crippen LogP contribution in [0.3, 0.4) is 0 Å². The number of anilines is 1. The first-order valence-electron chi connectivity index (χ1n) is 7.88. The minimum Gasteiger partial charge on any atom is -0.473 e. The molecule has 6 heteroatoms. The van der Waals surface area contributed by atoms with E-state index < -0.39 is 0 Å². The largest absolute Gasteiger partial charge is 0.473 e. The Bertz CT molecular complexity index is 703. The highest BCUT2D eigenvalue weighted by atomic mass is 35.5. The van der Waals surface area contributed by atoms with Crippen LogP contribution in [0.5, 0.6) is 5.88 Å². The molecule has 1 aliphatic heterocycles. The minimum absolute atomic E-state index is 0.0530. The fourth-order valence-corrected chi connectivity index (χ4v) is 2.75. The third-order valence-corrected chi connectivity index (χ3v) is 4.22. The SMILES string of the molecule is CN(C(=O)c1cnc(OC2CCOCC2)c(Cl)c1)c1ccccc1. The van der Waals surface area contributed by atoms with Crippen molar-refractivity contribution < 1.29 is 14.3 Å². The molecule has 2 heterocycles. The number of ether oxygens (including phenoxy) is 2. The van der Waals surface area contributed by atoms with Gasteiger partial charge in [-0.3, -0.25) is 4.79 Å². The maximum absolute atomic E-state index is 12.6. The maximum Gasteiger partial charge on any atom is 0.259 e. The quantitative estimate of drug-likeness (QED) is 0.849. The normalized spacial score (nSPS) is 15.1. The summed E-state index contributed by atoms with van der Waals surface area (Å²) in [6.07, 6.45) is 3.19. The van der Waals surface area contributed by atoms with Gasteiger partial charge in [-0.15, -0.1) is 0 Å². The number of para-hydroxylation sites is 1. The Hall–Kier alpha value is -2.11. The van der Waals surface area contributed by atoms with Crippen LogP contribution in [0, 0.1) is 0 Å². The highest BCUT2D eigenvalue weighted by Gasteiger charge is 2.20. The van der Waals surface area contributed by atoms with Gasteiger partial charge in [0.1, 0.15) is 11.1 Å². The monoisotopic (exact) mass is 346 g/mol. The van der Waals surface area contributed by atoms with E-state index >= 15 is 0 Å². The van der Waals surface area contributed by atoms with E-state index in [9.17, 15) is 4.79 Å². The molecule has 0 bridgehead atoms. The molecule has 5 nitrogen and oxygen atoms in total. The number of aromatic nitrogens is 1. The minimum atomic E-state index is -0.173. The summed E-state index contributed by atoms with van der Waals surface area (Å²) in [5.74, 6) is 0.190. The molecule has 0 spiro atoms. The number of nitrogens with zero attached hydrogens (tertiary/aromatic N) is 2. The van der Waals surface area contributed by atoms with Gasteiger partial charge in [0.05, 0.1) is 18.8 Å². The van der Waals surface area contributed by atoms with E-state index in [-0.39, 0.29) is 12.0 Å². The summed E-state index contributed by atoms with van der Waals surface area (Å²) in [5, 5.41) is 0.341. The fraction of sp³-hybridized carbons (Fsp3) is 0.333. The molecular formula is C18H19ClN2O3. The van der Waals surface area contributed by atoms with Crippen molar-refractivity contribution in [2.45, 2.75) is 18.9 Å². The Balaban J connectivity index is 1.72. The number of halogens is 1. The average Bonchev–Trinajstić information content (AvgIpc) is 2.64. The summed E-state index contributed by atoms with van der Waals surface area (Å²) in [6, 6.07) is 11.0. The van der Waals surface area contributed by atoms with Crippen LogP contribution in [0.2, 0.25) is 5.02 Å². The van der Waals surface area contributed by atoms with Crippen LogP contribution >= 0.6 is 11.6 Å². The predicted molar refractivity (Wildman–Crippen MR) is 92.9 cm³/mol. The number of hydrogen-bond acceptors (Lipinski definition) is 4. The predicted octanol–water partition coefficient (Wildman–Crippen LogP) is 3.57. The molecule has 1 fully saturated rings. The van der Waals surface area contributed by atoms with Crippen LogP contribution in [0.4, 0.5) is 5.69 Å². The lowest BCUT2D eigenvalue weighted by molar-refractivity contribution is 0.0238. The molecule has 0 atom stereocenters. The topological polar surface area (TPSA) is 51.7 Å². The zero-order chi connectivity index (χ0) is 16.9. The molecule has 1 aromatic carbocycles. The third-order valence-electron chi connectivity index (χ3n) is 3.95. The fourth-order valence-electron chi connectivity index (χ4n) is 2.54. The van der Waals surface area contributed by atoms with Gasteiger partial charge < -0.3 is 14.4 Å². The first-order chi connectivity index (χ1) is 11.6. The lowest BCUT2D eigenvalue weighted by Crippen LogP contribution is -2.27. The molecule has 0 unspecified atom stereocenters. The number of carbonyl (C=O) groups excluding carboxylic acids is 1. The standard InChI is InChI=1S/C18H19ClN2O3/c1-21(14-5-3-2-4-6-14)18(22)13-11-16(19)17(20-12-13)24-15-7-9-23-10-8-15/h2-6,11-12,15H,7-10H2,1H3. The average molecular weight is 347 g/mol. The Morgan fingerprint density at radius 1 is 1.29 bits per heavy atom. The van der Waals surface area contributed by atoms with Crippen molar-refractivity contribution in [3.63, 3.8) is 0 Å². The van der Waals surface area contributed by atoms with E-state index in [4.69, 9.17) is 21.1 Å². The summed E-state index contributed by atoms with van der Waals surface area (Å²) in [6.45, 7) is 1.36. The van der Waals surface area contributed by atoms with E-state index in [2.05, 4.69) is 4.98 Å². The number of carbonyl (C=O) groups is 1. The van der Waals surface area contributed by atoms with Gasteiger partial charge in [-0.2, -0.15) is 0 Å². The lowest BCUT2D eigenvalue weighted by Gasteiger charge is -2.23. The van der Waals surface area contributed by atoms with E-state index in [0.717, 1.165) is 18.5 Å². The number of pyridine rings is 1. The first-order valence-corrected chi connectivity index (χ1v) is 8.26. The highest BCUT2D eigenvalue weighted by molar-refractivity contribution is 6.32. The summed E-state index contributed by atoms with van der Waals surface area (Å²) in [7, 11) is 1.72. The number of rotatable bonds is 4. The lowest BCUT2D eigenvalue weighted by atomic mass is 10.1. The van der Waals surface area contributed by atoms with Crippen molar-refractivity contribution in [3.05, 3.63) is 53.2 Å². The zero-order valence-electron chi connectivity index (χ0n) is 13.4. The Morgan fingerprint density at radius 2 is 2.00 bits per heavy atom. The van der Waals surface area contributed by atoms with Gasteiger partial charge >= 0.3 is 0 Å². The molecule has 0 radical (unpaired) electrons. The number of amides is 1. The molecule has 0 aliphatic carbocycles. The van der Waals surface area contributed by atoms with Gasteiger partial charge in [0.25, 0.3) is 5.91 Å². The molecule has 24 heavy (non-hydrogen) atoms. The second-order valence-electron chi connectivity index (χ2n) is 5.64. The third kappa shape index (κ3) is 3.86. The van der Waals surface area contributed by atoms with Crippen LogP contribution < -0.4 is 9.64 Å².